The number of para-hydroxylation sites is 1. The predicted octanol–water partition coefficient (Wildman–Crippen LogP) is 3.39. The molecule has 1 unspecified atom stereocenters. The van der Waals surface area contributed by atoms with Crippen LogP contribution in [0.2, 0.25) is 0 Å². The molecule has 0 N–H and O–H groups in total. The molecule has 31 heavy (non-hydrogen) atoms. The van der Waals surface area contributed by atoms with Crippen LogP contribution < -0.4 is 9.64 Å². The smallest absolute Gasteiger partial charge is 0.230 e. The zero-order valence-corrected chi connectivity index (χ0v) is 17.4. The van der Waals surface area contributed by atoms with Crippen LogP contribution in [0, 0.1) is 0 Å². The predicted molar refractivity (Wildman–Crippen MR) is 120 cm³/mol. The van der Waals surface area contributed by atoms with Crippen LogP contribution in [0.4, 0.5) is 5.82 Å². The van der Waals surface area contributed by atoms with E-state index in [0.29, 0.717) is 19.6 Å². The van der Waals surface area contributed by atoms with E-state index in [1.807, 2.05) is 42.5 Å². The molecule has 7 heteroatoms. The van der Waals surface area contributed by atoms with Gasteiger partial charge in [0.1, 0.15) is 11.6 Å². The number of carbonyl (C=O) groups excluding carboxylic acids is 1. The lowest BCUT2D eigenvalue weighted by atomic mass is 9.97. The van der Waals surface area contributed by atoms with Crippen molar-refractivity contribution in [2.24, 2.45) is 5.10 Å². The summed E-state index contributed by atoms with van der Waals surface area (Å²) in [6.45, 7) is 2.89. The SMILES string of the molecule is COc1ccc(C2=NN(C=O)C(c3cc4ccccc4nc3N3CCOCC3)C2)cc1. The van der Waals surface area contributed by atoms with Crippen molar-refractivity contribution in [3.8, 4) is 5.75 Å². The highest BCUT2D eigenvalue weighted by atomic mass is 16.5. The number of amides is 1. The molecule has 1 fully saturated rings. The number of hydrazone groups is 1. The molecule has 1 amide bonds. The van der Waals surface area contributed by atoms with Crippen molar-refractivity contribution >= 4 is 28.8 Å². The Morgan fingerprint density at radius 1 is 1.10 bits per heavy atom. The molecule has 5 rings (SSSR count). The third kappa shape index (κ3) is 3.72. The van der Waals surface area contributed by atoms with Gasteiger partial charge >= 0.3 is 0 Å². The number of aromatic nitrogens is 1. The molecule has 0 spiro atoms. The highest BCUT2D eigenvalue weighted by molar-refractivity contribution is 6.02. The fraction of sp³-hybridized carbons (Fsp3) is 0.292. The minimum atomic E-state index is -0.204. The number of anilines is 1. The zero-order chi connectivity index (χ0) is 21.2. The van der Waals surface area contributed by atoms with Crippen molar-refractivity contribution in [2.75, 3.05) is 38.3 Å². The first-order chi connectivity index (χ1) is 15.3. The van der Waals surface area contributed by atoms with Crippen LogP contribution in [0.15, 0.2) is 59.7 Å². The van der Waals surface area contributed by atoms with Crippen molar-refractivity contribution in [3.63, 3.8) is 0 Å². The van der Waals surface area contributed by atoms with E-state index in [4.69, 9.17) is 14.5 Å². The molecule has 2 aromatic carbocycles. The van der Waals surface area contributed by atoms with Crippen molar-refractivity contribution in [3.05, 3.63) is 65.7 Å². The Bertz CT molecular complexity index is 1120. The molecule has 2 aliphatic heterocycles. The quantitative estimate of drug-likeness (QED) is 0.597. The molecule has 0 saturated carbocycles. The van der Waals surface area contributed by atoms with Gasteiger partial charge in [0, 0.05) is 30.5 Å². The van der Waals surface area contributed by atoms with Gasteiger partial charge in [-0.15, -0.1) is 0 Å². The van der Waals surface area contributed by atoms with Gasteiger partial charge in [-0.3, -0.25) is 4.79 Å². The van der Waals surface area contributed by atoms with E-state index < -0.39 is 0 Å². The monoisotopic (exact) mass is 416 g/mol. The van der Waals surface area contributed by atoms with Crippen LogP contribution >= 0.6 is 0 Å². The third-order valence-electron chi connectivity index (χ3n) is 5.88. The number of ether oxygens (including phenoxy) is 2. The Morgan fingerprint density at radius 3 is 2.61 bits per heavy atom. The maximum Gasteiger partial charge on any atom is 0.230 e. The van der Waals surface area contributed by atoms with Gasteiger partial charge in [0.25, 0.3) is 0 Å². The number of methoxy groups -OCH3 is 1. The minimum Gasteiger partial charge on any atom is -0.497 e. The van der Waals surface area contributed by atoms with Crippen LogP contribution in [0.1, 0.15) is 23.6 Å². The number of hydrogen-bond acceptors (Lipinski definition) is 6. The summed E-state index contributed by atoms with van der Waals surface area (Å²) in [5, 5.41) is 7.20. The topological polar surface area (TPSA) is 67.3 Å². The number of nitrogens with zero attached hydrogens (tertiary/aromatic N) is 4. The molecular weight excluding hydrogens is 392 g/mol. The molecule has 158 valence electrons. The average molecular weight is 416 g/mol. The van der Waals surface area contributed by atoms with Crippen molar-refractivity contribution < 1.29 is 14.3 Å². The summed E-state index contributed by atoms with van der Waals surface area (Å²) in [6.07, 6.45) is 1.43. The number of fused-ring (bicyclic) bond motifs is 1. The molecule has 3 aromatic rings. The number of rotatable bonds is 5. The minimum absolute atomic E-state index is 0.204. The largest absolute Gasteiger partial charge is 0.497 e. The van der Waals surface area contributed by atoms with E-state index in [0.717, 1.165) is 58.8 Å². The molecule has 1 atom stereocenters. The van der Waals surface area contributed by atoms with Gasteiger partial charge in [-0.05, 0) is 42.0 Å². The molecule has 0 radical (unpaired) electrons. The summed E-state index contributed by atoms with van der Waals surface area (Å²) in [5.74, 6) is 1.70. The van der Waals surface area contributed by atoms with Gasteiger partial charge in [-0.2, -0.15) is 5.10 Å². The molecule has 0 aliphatic carbocycles. The fourth-order valence-electron chi connectivity index (χ4n) is 4.23. The Hall–Kier alpha value is -3.45. The third-order valence-corrected chi connectivity index (χ3v) is 5.88. The molecule has 1 saturated heterocycles. The summed E-state index contributed by atoms with van der Waals surface area (Å²) >= 11 is 0. The number of carbonyl (C=O) groups is 1. The molecule has 0 bridgehead atoms. The lowest BCUT2D eigenvalue weighted by Gasteiger charge is -2.31. The maximum atomic E-state index is 12.0. The normalized spacial score (nSPS) is 18.9. The number of pyridine rings is 1. The zero-order valence-electron chi connectivity index (χ0n) is 17.4. The van der Waals surface area contributed by atoms with Gasteiger partial charge in [0.05, 0.1) is 37.6 Å². The number of morpholine rings is 1. The highest BCUT2D eigenvalue weighted by Crippen LogP contribution is 2.38. The van der Waals surface area contributed by atoms with Gasteiger partial charge < -0.3 is 14.4 Å². The molecule has 3 heterocycles. The Balaban J connectivity index is 1.54. The first-order valence-corrected chi connectivity index (χ1v) is 10.4. The van der Waals surface area contributed by atoms with Crippen LogP contribution in [-0.2, 0) is 9.53 Å². The first kappa shape index (κ1) is 19.5. The average Bonchev–Trinajstić information content (AvgIpc) is 3.28. The van der Waals surface area contributed by atoms with Gasteiger partial charge in [-0.25, -0.2) is 9.99 Å². The van der Waals surface area contributed by atoms with E-state index in [2.05, 4.69) is 22.1 Å². The van der Waals surface area contributed by atoms with Crippen LogP contribution in [0.25, 0.3) is 10.9 Å². The molecule has 1 aromatic heterocycles. The van der Waals surface area contributed by atoms with Gasteiger partial charge in [0.2, 0.25) is 6.41 Å². The van der Waals surface area contributed by atoms with Crippen LogP contribution in [-0.4, -0.2) is 55.5 Å². The number of hydrogen-bond donors (Lipinski definition) is 0. The second kappa shape index (κ2) is 8.35. The summed E-state index contributed by atoms with van der Waals surface area (Å²) in [4.78, 5) is 19.2. The Kier molecular flexibility index (Phi) is 5.26. The van der Waals surface area contributed by atoms with E-state index in [9.17, 15) is 4.79 Å². The summed E-state index contributed by atoms with van der Waals surface area (Å²) < 4.78 is 10.8. The first-order valence-electron chi connectivity index (χ1n) is 10.4. The van der Waals surface area contributed by atoms with Crippen LogP contribution in [0.3, 0.4) is 0 Å². The molecule has 7 nitrogen and oxygen atoms in total. The summed E-state index contributed by atoms with van der Waals surface area (Å²) in [5.41, 5.74) is 3.82. The van der Waals surface area contributed by atoms with Gasteiger partial charge in [-0.1, -0.05) is 18.2 Å². The van der Waals surface area contributed by atoms with Crippen molar-refractivity contribution in [2.45, 2.75) is 12.5 Å². The van der Waals surface area contributed by atoms with E-state index in [-0.39, 0.29) is 6.04 Å². The fourth-order valence-corrected chi connectivity index (χ4v) is 4.23. The Morgan fingerprint density at radius 2 is 1.87 bits per heavy atom. The highest BCUT2D eigenvalue weighted by Gasteiger charge is 2.32. The molecular formula is C24H24N4O3. The Labute approximate surface area is 180 Å². The van der Waals surface area contributed by atoms with E-state index in [1.165, 1.54) is 5.01 Å². The van der Waals surface area contributed by atoms with E-state index >= 15 is 0 Å². The molecule has 2 aliphatic rings. The number of benzene rings is 2. The van der Waals surface area contributed by atoms with Crippen molar-refractivity contribution in [1.29, 1.82) is 0 Å². The summed E-state index contributed by atoms with van der Waals surface area (Å²) in [7, 11) is 1.64. The second-order valence-corrected chi connectivity index (χ2v) is 7.67. The summed E-state index contributed by atoms with van der Waals surface area (Å²) in [6, 6.07) is 17.8. The van der Waals surface area contributed by atoms with Gasteiger partial charge in [0.15, 0.2) is 0 Å². The van der Waals surface area contributed by atoms with Crippen molar-refractivity contribution in [1.82, 2.24) is 9.99 Å². The van der Waals surface area contributed by atoms with Crippen LogP contribution in [0.5, 0.6) is 5.75 Å². The maximum absolute atomic E-state index is 12.0. The second-order valence-electron chi connectivity index (χ2n) is 7.67. The standard InChI is InChI=1S/C24H24N4O3/c1-30-19-8-6-17(7-9-19)22-15-23(28(16-29)26-22)20-14-18-4-2-3-5-21(18)25-24(20)27-10-12-31-13-11-27/h2-9,14,16,23H,10-13,15H2,1H3. The van der Waals surface area contributed by atoms with E-state index in [1.54, 1.807) is 7.11 Å². The lowest BCUT2D eigenvalue weighted by molar-refractivity contribution is -0.119. The lowest BCUT2D eigenvalue weighted by Crippen LogP contribution is -2.38.